The molecule has 0 aliphatic heterocycles. The minimum Gasteiger partial charge on any atom is -0.497 e. The van der Waals surface area contributed by atoms with Crippen molar-refractivity contribution in [1.82, 2.24) is 9.78 Å². The zero-order valence-electron chi connectivity index (χ0n) is 11.8. The SMILES string of the molecule is COc1ccc(CNc2c(C(N)=S)c(C)nn2C)cc1. The van der Waals surface area contributed by atoms with Crippen LogP contribution in [0.3, 0.4) is 0 Å². The molecule has 3 N–H and O–H groups in total. The van der Waals surface area contributed by atoms with E-state index in [1.807, 2.05) is 38.2 Å². The lowest BCUT2D eigenvalue weighted by Crippen LogP contribution is -2.14. The highest BCUT2D eigenvalue weighted by molar-refractivity contribution is 7.80. The van der Waals surface area contributed by atoms with Crippen LogP contribution in [0.25, 0.3) is 0 Å². The standard InChI is InChI=1S/C14H18N4OS/c1-9-12(13(15)20)14(18(2)17-9)16-8-10-4-6-11(19-3)7-5-10/h4-7,16H,8H2,1-3H3,(H2,15,20). The number of nitrogens with two attached hydrogens (primary N) is 1. The maximum atomic E-state index is 5.76. The van der Waals surface area contributed by atoms with Gasteiger partial charge in [0.05, 0.1) is 18.4 Å². The first-order valence-corrected chi connectivity index (χ1v) is 6.64. The van der Waals surface area contributed by atoms with E-state index in [4.69, 9.17) is 22.7 Å². The molecule has 2 aromatic rings. The van der Waals surface area contributed by atoms with Crippen LogP contribution in [-0.4, -0.2) is 21.9 Å². The zero-order valence-corrected chi connectivity index (χ0v) is 12.6. The molecule has 5 nitrogen and oxygen atoms in total. The van der Waals surface area contributed by atoms with E-state index >= 15 is 0 Å². The average molecular weight is 290 g/mol. The van der Waals surface area contributed by atoms with Crippen LogP contribution in [0.2, 0.25) is 0 Å². The van der Waals surface area contributed by atoms with Crippen molar-refractivity contribution in [3.05, 3.63) is 41.1 Å². The van der Waals surface area contributed by atoms with Gasteiger partial charge in [0.2, 0.25) is 0 Å². The first-order chi connectivity index (χ1) is 9.52. The number of aryl methyl sites for hydroxylation is 2. The molecule has 0 saturated carbocycles. The van der Waals surface area contributed by atoms with Crippen LogP contribution in [0.4, 0.5) is 5.82 Å². The van der Waals surface area contributed by atoms with Crippen molar-refractivity contribution in [2.75, 3.05) is 12.4 Å². The Morgan fingerprint density at radius 2 is 2.05 bits per heavy atom. The molecule has 1 aromatic carbocycles. The summed E-state index contributed by atoms with van der Waals surface area (Å²) in [5, 5.41) is 7.67. The second-order valence-electron chi connectivity index (χ2n) is 4.50. The minimum atomic E-state index is 0.354. The van der Waals surface area contributed by atoms with Crippen LogP contribution in [-0.2, 0) is 13.6 Å². The van der Waals surface area contributed by atoms with Gasteiger partial charge in [0.1, 0.15) is 16.6 Å². The molecule has 0 bridgehead atoms. The predicted molar refractivity (Wildman–Crippen MR) is 84.2 cm³/mol. The molecule has 0 spiro atoms. The molecule has 1 heterocycles. The highest BCUT2D eigenvalue weighted by Crippen LogP contribution is 2.20. The van der Waals surface area contributed by atoms with E-state index in [0.717, 1.165) is 28.4 Å². The Morgan fingerprint density at radius 3 is 2.60 bits per heavy atom. The van der Waals surface area contributed by atoms with Crippen molar-refractivity contribution >= 4 is 23.0 Å². The average Bonchev–Trinajstić information content (AvgIpc) is 2.71. The Balaban J connectivity index is 2.16. The van der Waals surface area contributed by atoms with E-state index in [-0.39, 0.29) is 0 Å². The first kappa shape index (κ1) is 14.3. The number of methoxy groups -OCH3 is 1. The third-order valence-corrected chi connectivity index (χ3v) is 3.29. The fourth-order valence-electron chi connectivity index (χ4n) is 2.09. The number of benzene rings is 1. The largest absolute Gasteiger partial charge is 0.497 e. The molecule has 0 amide bonds. The monoisotopic (exact) mass is 290 g/mol. The fourth-order valence-corrected chi connectivity index (χ4v) is 2.33. The summed E-state index contributed by atoms with van der Waals surface area (Å²) in [5.74, 6) is 1.68. The van der Waals surface area contributed by atoms with Crippen molar-refractivity contribution in [3.8, 4) is 5.75 Å². The van der Waals surface area contributed by atoms with Gasteiger partial charge >= 0.3 is 0 Å². The molecule has 20 heavy (non-hydrogen) atoms. The summed E-state index contributed by atoms with van der Waals surface area (Å²) in [6.07, 6.45) is 0. The summed E-state index contributed by atoms with van der Waals surface area (Å²) in [4.78, 5) is 0.354. The maximum Gasteiger partial charge on any atom is 0.134 e. The van der Waals surface area contributed by atoms with Gasteiger partial charge in [-0.3, -0.25) is 4.68 Å². The lowest BCUT2D eigenvalue weighted by molar-refractivity contribution is 0.414. The van der Waals surface area contributed by atoms with Gasteiger partial charge in [0, 0.05) is 13.6 Å². The fraction of sp³-hybridized carbons (Fsp3) is 0.286. The highest BCUT2D eigenvalue weighted by Gasteiger charge is 2.15. The molecule has 6 heteroatoms. The Kier molecular flexibility index (Phi) is 4.24. The predicted octanol–water partition coefficient (Wildman–Crippen LogP) is 1.98. The van der Waals surface area contributed by atoms with E-state index < -0.39 is 0 Å². The van der Waals surface area contributed by atoms with Crippen molar-refractivity contribution < 1.29 is 4.74 Å². The van der Waals surface area contributed by atoms with Crippen LogP contribution in [0.5, 0.6) is 5.75 Å². The molecule has 1 aromatic heterocycles. The third kappa shape index (κ3) is 2.91. The molecule has 0 fully saturated rings. The van der Waals surface area contributed by atoms with Crippen molar-refractivity contribution in [2.45, 2.75) is 13.5 Å². The second kappa shape index (κ2) is 5.92. The zero-order chi connectivity index (χ0) is 14.7. The molecule has 0 radical (unpaired) electrons. The molecule has 0 atom stereocenters. The number of aromatic nitrogens is 2. The normalized spacial score (nSPS) is 10.3. The number of ether oxygens (including phenoxy) is 1. The third-order valence-electron chi connectivity index (χ3n) is 3.09. The van der Waals surface area contributed by atoms with E-state index in [1.165, 1.54) is 0 Å². The van der Waals surface area contributed by atoms with Gasteiger partial charge in [-0.25, -0.2) is 0 Å². The number of hydrogen-bond donors (Lipinski definition) is 2. The summed E-state index contributed by atoms with van der Waals surface area (Å²) in [5.41, 5.74) is 8.53. The number of thiocarbonyl (C=S) groups is 1. The van der Waals surface area contributed by atoms with Crippen LogP contribution in [0, 0.1) is 6.92 Å². The van der Waals surface area contributed by atoms with E-state index in [0.29, 0.717) is 11.5 Å². The minimum absolute atomic E-state index is 0.354. The van der Waals surface area contributed by atoms with Crippen LogP contribution < -0.4 is 15.8 Å². The Bertz CT molecular complexity index is 619. The van der Waals surface area contributed by atoms with Crippen LogP contribution in [0.1, 0.15) is 16.8 Å². The smallest absolute Gasteiger partial charge is 0.134 e. The highest BCUT2D eigenvalue weighted by atomic mass is 32.1. The lowest BCUT2D eigenvalue weighted by atomic mass is 10.2. The molecule has 0 unspecified atom stereocenters. The number of anilines is 1. The summed E-state index contributed by atoms with van der Waals surface area (Å²) >= 11 is 5.08. The summed E-state index contributed by atoms with van der Waals surface area (Å²) < 4.78 is 6.89. The molecule has 0 aliphatic rings. The second-order valence-corrected chi connectivity index (χ2v) is 4.94. The van der Waals surface area contributed by atoms with Gasteiger partial charge in [-0.1, -0.05) is 24.4 Å². The summed E-state index contributed by atoms with van der Waals surface area (Å²) in [6, 6.07) is 7.88. The Morgan fingerprint density at radius 1 is 1.40 bits per heavy atom. The number of hydrogen-bond acceptors (Lipinski definition) is 4. The van der Waals surface area contributed by atoms with Gasteiger partial charge < -0.3 is 15.8 Å². The number of rotatable bonds is 5. The number of nitrogens with one attached hydrogen (secondary N) is 1. The molecule has 0 aliphatic carbocycles. The molecular weight excluding hydrogens is 272 g/mol. The van der Waals surface area contributed by atoms with E-state index in [2.05, 4.69) is 10.4 Å². The van der Waals surface area contributed by atoms with Crippen LogP contribution >= 0.6 is 12.2 Å². The summed E-state index contributed by atoms with van der Waals surface area (Å²) in [6.45, 7) is 2.56. The van der Waals surface area contributed by atoms with Gasteiger partial charge in [0.25, 0.3) is 0 Å². The quantitative estimate of drug-likeness (QED) is 0.824. The van der Waals surface area contributed by atoms with Gasteiger partial charge in [-0.05, 0) is 24.6 Å². The van der Waals surface area contributed by atoms with Gasteiger partial charge in [-0.15, -0.1) is 0 Å². The molecule has 106 valence electrons. The first-order valence-electron chi connectivity index (χ1n) is 6.23. The van der Waals surface area contributed by atoms with Crippen molar-refractivity contribution in [2.24, 2.45) is 12.8 Å². The topological polar surface area (TPSA) is 65.1 Å². The molecule has 0 saturated heterocycles. The lowest BCUT2D eigenvalue weighted by Gasteiger charge is -2.09. The number of nitrogens with zero attached hydrogens (tertiary/aromatic N) is 2. The van der Waals surface area contributed by atoms with Crippen molar-refractivity contribution in [3.63, 3.8) is 0 Å². The Labute approximate surface area is 123 Å². The van der Waals surface area contributed by atoms with Crippen LogP contribution in [0.15, 0.2) is 24.3 Å². The van der Waals surface area contributed by atoms with Gasteiger partial charge in [0.15, 0.2) is 0 Å². The Hall–Kier alpha value is -2.08. The van der Waals surface area contributed by atoms with E-state index in [1.54, 1.807) is 11.8 Å². The van der Waals surface area contributed by atoms with E-state index in [9.17, 15) is 0 Å². The maximum absolute atomic E-state index is 5.76. The summed E-state index contributed by atoms with van der Waals surface area (Å²) in [7, 11) is 3.52. The van der Waals surface area contributed by atoms with Gasteiger partial charge in [-0.2, -0.15) is 5.10 Å². The van der Waals surface area contributed by atoms with Crippen molar-refractivity contribution in [1.29, 1.82) is 0 Å². The molecular formula is C14H18N4OS. The molecule has 2 rings (SSSR count).